The molecule has 1 atom stereocenters. The van der Waals surface area contributed by atoms with Crippen molar-refractivity contribution in [3.05, 3.63) is 71.5 Å². The number of hydrogen-bond donors (Lipinski definition) is 1. The molecule has 0 unspecified atom stereocenters. The van der Waals surface area contributed by atoms with Gasteiger partial charge in [0.25, 0.3) is 0 Å². The minimum atomic E-state index is -0.486. The monoisotopic (exact) mass is 442 g/mol. The molecule has 3 rings (SSSR count). The van der Waals surface area contributed by atoms with Gasteiger partial charge in [0.05, 0.1) is 5.75 Å². The molecule has 1 aliphatic rings. The van der Waals surface area contributed by atoms with Crippen molar-refractivity contribution in [2.75, 3.05) is 5.75 Å². The fourth-order valence-corrected chi connectivity index (χ4v) is 4.86. The van der Waals surface area contributed by atoms with Gasteiger partial charge >= 0.3 is 0 Å². The molecule has 0 heterocycles. The third kappa shape index (κ3) is 7.10. The highest BCUT2D eigenvalue weighted by Gasteiger charge is 2.30. The summed E-state index contributed by atoms with van der Waals surface area (Å²) < 4.78 is 13.1. The average molecular weight is 443 g/mol. The second kappa shape index (κ2) is 11.9. The van der Waals surface area contributed by atoms with Crippen LogP contribution < -0.4 is 5.32 Å². The van der Waals surface area contributed by atoms with Crippen molar-refractivity contribution >= 4 is 23.6 Å². The van der Waals surface area contributed by atoms with Crippen LogP contribution >= 0.6 is 11.8 Å². The molecule has 2 aromatic rings. The van der Waals surface area contributed by atoms with E-state index in [1.165, 1.54) is 23.9 Å². The smallest absolute Gasteiger partial charge is 0.243 e. The van der Waals surface area contributed by atoms with E-state index < -0.39 is 6.04 Å². The Bertz CT molecular complexity index is 838. The van der Waals surface area contributed by atoms with E-state index in [9.17, 15) is 14.0 Å². The highest BCUT2D eigenvalue weighted by atomic mass is 32.2. The number of nitrogens with one attached hydrogen (secondary N) is 1. The van der Waals surface area contributed by atoms with Crippen LogP contribution in [0.1, 0.15) is 50.2 Å². The normalized spacial score (nSPS) is 14.9. The molecule has 166 valence electrons. The fourth-order valence-electron chi connectivity index (χ4n) is 3.99. The van der Waals surface area contributed by atoms with Crippen LogP contribution in [0.15, 0.2) is 54.6 Å². The van der Waals surface area contributed by atoms with Gasteiger partial charge in [0.15, 0.2) is 0 Å². The number of halogens is 1. The quantitative estimate of drug-likeness (QED) is 0.568. The standard InChI is InChI=1S/C25H31FN2O2S/c1-2-23(25(30)27-22-10-6-7-11-22)28(16-19-8-4-3-5-9-19)24(29)18-31-17-20-12-14-21(26)15-13-20/h3-5,8-9,12-15,22-23H,2,6-7,10-11,16-18H2,1H3,(H,27,30)/t23-/m0/s1. The molecule has 0 bridgehead atoms. The highest BCUT2D eigenvalue weighted by molar-refractivity contribution is 7.99. The molecule has 1 saturated carbocycles. The van der Waals surface area contributed by atoms with Gasteiger partial charge in [-0.3, -0.25) is 9.59 Å². The van der Waals surface area contributed by atoms with Gasteiger partial charge < -0.3 is 10.2 Å². The first kappa shape index (κ1) is 23.3. The van der Waals surface area contributed by atoms with Gasteiger partial charge in [-0.1, -0.05) is 62.2 Å². The average Bonchev–Trinajstić information content (AvgIpc) is 3.28. The number of hydrogen-bond acceptors (Lipinski definition) is 3. The zero-order valence-electron chi connectivity index (χ0n) is 18.1. The van der Waals surface area contributed by atoms with E-state index in [0.717, 1.165) is 36.8 Å². The van der Waals surface area contributed by atoms with Crippen LogP contribution in [0.5, 0.6) is 0 Å². The first-order chi connectivity index (χ1) is 15.1. The zero-order valence-corrected chi connectivity index (χ0v) is 18.9. The number of carbonyl (C=O) groups excluding carboxylic acids is 2. The van der Waals surface area contributed by atoms with Gasteiger partial charge in [0, 0.05) is 18.3 Å². The van der Waals surface area contributed by atoms with Crippen molar-refractivity contribution in [2.45, 2.75) is 63.4 Å². The second-order valence-corrected chi connectivity index (χ2v) is 9.03. The summed E-state index contributed by atoms with van der Waals surface area (Å²) in [6.07, 6.45) is 4.90. The van der Waals surface area contributed by atoms with Crippen LogP contribution in [0.2, 0.25) is 0 Å². The summed E-state index contributed by atoms with van der Waals surface area (Å²) in [5.74, 6) is 0.526. The SMILES string of the molecule is CC[C@@H](C(=O)NC1CCCC1)N(Cc1ccccc1)C(=O)CSCc1ccc(F)cc1. The van der Waals surface area contributed by atoms with Crippen molar-refractivity contribution in [3.8, 4) is 0 Å². The summed E-state index contributed by atoms with van der Waals surface area (Å²) in [4.78, 5) is 28.0. The molecule has 1 fully saturated rings. The van der Waals surface area contributed by atoms with Crippen LogP contribution in [0.4, 0.5) is 4.39 Å². The molecule has 0 spiro atoms. The lowest BCUT2D eigenvalue weighted by atomic mass is 10.1. The molecule has 0 aromatic heterocycles. The van der Waals surface area contributed by atoms with Gasteiger partial charge in [0.1, 0.15) is 11.9 Å². The summed E-state index contributed by atoms with van der Waals surface area (Å²) in [5.41, 5.74) is 1.98. The molecule has 2 amide bonds. The summed E-state index contributed by atoms with van der Waals surface area (Å²) in [6, 6.07) is 15.9. The molecular weight excluding hydrogens is 411 g/mol. The Morgan fingerprint density at radius 1 is 1.06 bits per heavy atom. The number of amides is 2. The molecule has 1 N–H and O–H groups in total. The van der Waals surface area contributed by atoms with Gasteiger partial charge in [-0.2, -0.15) is 0 Å². The minimum Gasteiger partial charge on any atom is -0.352 e. The summed E-state index contributed by atoms with van der Waals surface area (Å²) in [6.45, 7) is 2.36. The number of rotatable bonds is 10. The van der Waals surface area contributed by atoms with Crippen LogP contribution in [0, 0.1) is 5.82 Å². The molecule has 0 aliphatic heterocycles. The van der Waals surface area contributed by atoms with E-state index in [1.54, 1.807) is 17.0 Å². The third-order valence-electron chi connectivity index (χ3n) is 5.69. The van der Waals surface area contributed by atoms with Crippen LogP contribution in [0.25, 0.3) is 0 Å². The van der Waals surface area contributed by atoms with Crippen LogP contribution in [0.3, 0.4) is 0 Å². The first-order valence-electron chi connectivity index (χ1n) is 11.0. The van der Waals surface area contributed by atoms with E-state index in [1.807, 2.05) is 37.3 Å². The maximum Gasteiger partial charge on any atom is 0.243 e. The lowest BCUT2D eigenvalue weighted by Crippen LogP contribution is -2.51. The number of benzene rings is 2. The Kier molecular flexibility index (Phi) is 8.95. The third-order valence-corrected chi connectivity index (χ3v) is 6.68. The first-order valence-corrected chi connectivity index (χ1v) is 12.2. The molecule has 4 nitrogen and oxygen atoms in total. The van der Waals surface area contributed by atoms with E-state index in [2.05, 4.69) is 5.32 Å². The van der Waals surface area contributed by atoms with E-state index in [4.69, 9.17) is 0 Å². The topological polar surface area (TPSA) is 49.4 Å². The Balaban J connectivity index is 1.66. The van der Waals surface area contributed by atoms with Gasteiger partial charge in [0.2, 0.25) is 11.8 Å². The highest BCUT2D eigenvalue weighted by Crippen LogP contribution is 2.20. The van der Waals surface area contributed by atoms with E-state index in [-0.39, 0.29) is 29.4 Å². The van der Waals surface area contributed by atoms with Crippen LogP contribution in [-0.2, 0) is 21.9 Å². The Hall–Kier alpha value is -2.34. The number of thioether (sulfide) groups is 1. The summed E-state index contributed by atoms with van der Waals surface area (Å²) >= 11 is 1.49. The lowest BCUT2D eigenvalue weighted by Gasteiger charge is -2.31. The van der Waals surface area contributed by atoms with Crippen molar-refractivity contribution in [1.82, 2.24) is 10.2 Å². The Morgan fingerprint density at radius 2 is 1.74 bits per heavy atom. The van der Waals surface area contributed by atoms with E-state index in [0.29, 0.717) is 18.7 Å². The lowest BCUT2D eigenvalue weighted by molar-refractivity contribution is -0.139. The molecule has 0 radical (unpaired) electrons. The predicted octanol–water partition coefficient (Wildman–Crippen LogP) is 4.93. The molecule has 31 heavy (non-hydrogen) atoms. The van der Waals surface area contributed by atoms with Crippen molar-refractivity contribution in [1.29, 1.82) is 0 Å². The second-order valence-electron chi connectivity index (χ2n) is 8.04. The fraction of sp³-hybridized carbons (Fsp3) is 0.440. The molecular formula is C25H31FN2O2S. The molecule has 2 aromatic carbocycles. The number of carbonyl (C=O) groups is 2. The molecule has 0 saturated heterocycles. The molecule has 6 heteroatoms. The minimum absolute atomic E-state index is 0.0515. The maximum absolute atomic E-state index is 13.2. The predicted molar refractivity (Wildman–Crippen MR) is 124 cm³/mol. The van der Waals surface area contributed by atoms with Crippen molar-refractivity contribution in [2.24, 2.45) is 0 Å². The summed E-state index contributed by atoms with van der Waals surface area (Å²) in [5, 5.41) is 3.16. The Labute approximate surface area is 188 Å². The zero-order chi connectivity index (χ0) is 22.1. The molecule has 1 aliphatic carbocycles. The van der Waals surface area contributed by atoms with Crippen molar-refractivity contribution < 1.29 is 14.0 Å². The maximum atomic E-state index is 13.2. The number of nitrogens with zero attached hydrogens (tertiary/aromatic N) is 1. The Morgan fingerprint density at radius 3 is 2.39 bits per heavy atom. The van der Waals surface area contributed by atoms with Crippen molar-refractivity contribution in [3.63, 3.8) is 0 Å². The van der Waals surface area contributed by atoms with Gasteiger partial charge in [-0.15, -0.1) is 11.8 Å². The largest absolute Gasteiger partial charge is 0.352 e. The van der Waals surface area contributed by atoms with Crippen LogP contribution in [-0.4, -0.2) is 34.6 Å². The van der Waals surface area contributed by atoms with Gasteiger partial charge in [-0.05, 0) is 42.5 Å². The summed E-state index contributed by atoms with van der Waals surface area (Å²) in [7, 11) is 0. The van der Waals surface area contributed by atoms with E-state index >= 15 is 0 Å². The van der Waals surface area contributed by atoms with Gasteiger partial charge in [-0.25, -0.2) is 4.39 Å².